The van der Waals surface area contributed by atoms with E-state index in [2.05, 4.69) is 58.9 Å². The van der Waals surface area contributed by atoms with Crippen molar-refractivity contribution in [2.24, 2.45) is 10.9 Å². The van der Waals surface area contributed by atoms with Crippen LogP contribution in [-0.4, -0.2) is 39.8 Å². The van der Waals surface area contributed by atoms with E-state index in [1.807, 2.05) is 19.2 Å². The van der Waals surface area contributed by atoms with Crippen molar-refractivity contribution in [1.29, 1.82) is 0 Å². The summed E-state index contributed by atoms with van der Waals surface area (Å²) in [6, 6.07) is 16.8. The number of methoxy groups -OCH3 is 1. The second-order valence-electron chi connectivity index (χ2n) is 7.20. The Kier molecular flexibility index (Phi) is 7.31. The van der Waals surface area contributed by atoms with Crippen LogP contribution < -0.4 is 15.4 Å². The Balaban J connectivity index is 1.49. The Morgan fingerprint density at radius 3 is 2.75 bits per heavy atom. The highest BCUT2D eigenvalue weighted by Crippen LogP contribution is 2.33. The molecule has 2 atom stereocenters. The average molecular weight is 382 g/mol. The van der Waals surface area contributed by atoms with Gasteiger partial charge in [-0.05, 0) is 37.0 Å². The zero-order valence-electron chi connectivity index (χ0n) is 17.1. The SMILES string of the molecule is CN=C(NCCc1cc(C)ccc1OC)NCC1CCOC1c1ccccc1. The molecule has 1 aliphatic heterocycles. The first-order chi connectivity index (χ1) is 13.7. The standard InChI is InChI=1S/C23H31N3O2/c1-17-9-10-21(27-3)19(15-17)11-13-25-23(24-2)26-16-20-12-14-28-22(20)18-7-5-4-6-8-18/h4-10,15,20,22H,11-14,16H2,1-3H3,(H2,24,25,26). The predicted molar refractivity (Wildman–Crippen MR) is 114 cm³/mol. The molecule has 2 unspecified atom stereocenters. The number of nitrogens with one attached hydrogen (secondary N) is 2. The van der Waals surface area contributed by atoms with Gasteiger partial charge in [0.25, 0.3) is 0 Å². The lowest BCUT2D eigenvalue weighted by atomic mass is 9.95. The van der Waals surface area contributed by atoms with Gasteiger partial charge >= 0.3 is 0 Å². The van der Waals surface area contributed by atoms with Gasteiger partial charge in [-0.25, -0.2) is 0 Å². The Morgan fingerprint density at radius 1 is 1.18 bits per heavy atom. The molecule has 2 aromatic carbocycles. The van der Waals surface area contributed by atoms with Crippen molar-refractivity contribution in [2.75, 3.05) is 33.9 Å². The first-order valence-corrected chi connectivity index (χ1v) is 9.96. The van der Waals surface area contributed by atoms with E-state index in [1.165, 1.54) is 16.7 Å². The second-order valence-corrected chi connectivity index (χ2v) is 7.20. The van der Waals surface area contributed by atoms with Crippen molar-refractivity contribution >= 4 is 5.96 Å². The number of hydrogen-bond acceptors (Lipinski definition) is 3. The highest BCUT2D eigenvalue weighted by Gasteiger charge is 2.29. The molecule has 1 aliphatic rings. The fraction of sp³-hybridized carbons (Fsp3) is 0.435. The van der Waals surface area contributed by atoms with Crippen LogP contribution in [0.1, 0.15) is 29.2 Å². The fourth-order valence-corrected chi connectivity index (χ4v) is 3.72. The van der Waals surface area contributed by atoms with E-state index in [-0.39, 0.29) is 6.10 Å². The van der Waals surface area contributed by atoms with Gasteiger partial charge < -0.3 is 20.1 Å². The van der Waals surface area contributed by atoms with E-state index >= 15 is 0 Å². The number of rotatable bonds is 7. The van der Waals surface area contributed by atoms with Gasteiger partial charge in [0.15, 0.2) is 5.96 Å². The summed E-state index contributed by atoms with van der Waals surface area (Å²) in [6.07, 6.45) is 2.10. The van der Waals surface area contributed by atoms with Crippen LogP contribution in [0.4, 0.5) is 0 Å². The summed E-state index contributed by atoms with van der Waals surface area (Å²) in [4.78, 5) is 4.36. The molecule has 0 aromatic heterocycles. The summed E-state index contributed by atoms with van der Waals surface area (Å²) >= 11 is 0. The summed E-state index contributed by atoms with van der Waals surface area (Å²) in [5.41, 5.74) is 3.70. The van der Waals surface area contributed by atoms with Gasteiger partial charge in [0, 0.05) is 32.7 Å². The third-order valence-corrected chi connectivity index (χ3v) is 5.22. The molecule has 0 spiro atoms. The molecule has 2 aromatic rings. The Morgan fingerprint density at radius 2 is 2.00 bits per heavy atom. The largest absolute Gasteiger partial charge is 0.496 e. The monoisotopic (exact) mass is 381 g/mol. The minimum absolute atomic E-state index is 0.156. The van der Waals surface area contributed by atoms with Crippen molar-refractivity contribution in [2.45, 2.75) is 25.9 Å². The lowest BCUT2D eigenvalue weighted by molar-refractivity contribution is 0.0915. The number of ether oxygens (including phenoxy) is 2. The molecule has 28 heavy (non-hydrogen) atoms. The van der Waals surface area contributed by atoms with Crippen molar-refractivity contribution in [3.05, 3.63) is 65.2 Å². The molecule has 3 rings (SSSR count). The minimum atomic E-state index is 0.156. The number of aryl methyl sites for hydroxylation is 1. The summed E-state index contributed by atoms with van der Waals surface area (Å²) in [5.74, 6) is 2.20. The molecule has 0 amide bonds. The van der Waals surface area contributed by atoms with Crippen LogP contribution >= 0.6 is 0 Å². The molecule has 150 valence electrons. The fourth-order valence-electron chi connectivity index (χ4n) is 3.72. The van der Waals surface area contributed by atoms with Gasteiger partial charge in [-0.1, -0.05) is 48.0 Å². The second kappa shape index (κ2) is 10.1. The quantitative estimate of drug-likeness (QED) is 0.569. The van der Waals surface area contributed by atoms with Crippen LogP contribution in [0, 0.1) is 12.8 Å². The highest BCUT2D eigenvalue weighted by molar-refractivity contribution is 5.79. The molecule has 2 N–H and O–H groups in total. The van der Waals surface area contributed by atoms with E-state index in [4.69, 9.17) is 9.47 Å². The molecule has 5 heteroatoms. The number of benzene rings is 2. The van der Waals surface area contributed by atoms with Crippen LogP contribution in [0.5, 0.6) is 5.75 Å². The molecular formula is C23H31N3O2. The average Bonchev–Trinajstić information content (AvgIpc) is 3.20. The van der Waals surface area contributed by atoms with Gasteiger partial charge in [0.05, 0.1) is 13.2 Å². The summed E-state index contributed by atoms with van der Waals surface area (Å²) in [7, 11) is 3.53. The smallest absolute Gasteiger partial charge is 0.190 e. The first-order valence-electron chi connectivity index (χ1n) is 9.96. The topological polar surface area (TPSA) is 54.9 Å². The lowest BCUT2D eigenvalue weighted by Crippen LogP contribution is -2.41. The van der Waals surface area contributed by atoms with E-state index in [9.17, 15) is 0 Å². The normalized spacial score (nSPS) is 19.5. The zero-order valence-corrected chi connectivity index (χ0v) is 17.1. The Hall–Kier alpha value is -2.53. The molecule has 0 saturated carbocycles. The van der Waals surface area contributed by atoms with Crippen molar-refractivity contribution in [1.82, 2.24) is 10.6 Å². The van der Waals surface area contributed by atoms with Crippen molar-refractivity contribution in [3.8, 4) is 5.75 Å². The third-order valence-electron chi connectivity index (χ3n) is 5.22. The van der Waals surface area contributed by atoms with Crippen LogP contribution in [0.2, 0.25) is 0 Å². The van der Waals surface area contributed by atoms with E-state index < -0.39 is 0 Å². The van der Waals surface area contributed by atoms with E-state index in [1.54, 1.807) is 7.11 Å². The van der Waals surface area contributed by atoms with Gasteiger partial charge in [0.1, 0.15) is 5.75 Å². The van der Waals surface area contributed by atoms with E-state index in [0.29, 0.717) is 5.92 Å². The summed E-state index contributed by atoms with van der Waals surface area (Å²) in [5, 5.41) is 6.87. The van der Waals surface area contributed by atoms with Gasteiger partial charge in [-0.15, -0.1) is 0 Å². The molecule has 0 aliphatic carbocycles. The summed E-state index contributed by atoms with van der Waals surface area (Å²) < 4.78 is 11.4. The highest BCUT2D eigenvalue weighted by atomic mass is 16.5. The molecule has 1 heterocycles. The number of nitrogens with zero attached hydrogens (tertiary/aromatic N) is 1. The number of hydrogen-bond donors (Lipinski definition) is 2. The van der Waals surface area contributed by atoms with Crippen molar-refractivity contribution < 1.29 is 9.47 Å². The molecule has 5 nitrogen and oxygen atoms in total. The molecule has 0 bridgehead atoms. The van der Waals surface area contributed by atoms with Crippen LogP contribution in [0.15, 0.2) is 53.5 Å². The van der Waals surface area contributed by atoms with Crippen LogP contribution in [0.3, 0.4) is 0 Å². The van der Waals surface area contributed by atoms with Crippen LogP contribution in [0.25, 0.3) is 0 Å². The van der Waals surface area contributed by atoms with Gasteiger partial charge in [0.2, 0.25) is 0 Å². The van der Waals surface area contributed by atoms with Gasteiger partial charge in [-0.2, -0.15) is 0 Å². The maximum Gasteiger partial charge on any atom is 0.190 e. The van der Waals surface area contributed by atoms with Crippen LogP contribution in [-0.2, 0) is 11.2 Å². The van der Waals surface area contributed by atoms with E-state index in [0.717, 1.165) is 44.2 Å². The van der Waals surface area contributed by atoms with Crippen molar-refractivity contribution in [3.63, 3.8) is 0 Å². The van der Waals surface area contributed by atoms with Gasteiger partial charge in [-0.3, -0.25) is 4.99 Å². The zero-order chi connectivity index (χ0) is 19.8. The lowest BCUT2D eigenvalue weighted by Gasteiger charge is -2.21. The minimum Gasteiger partial charge on any atom is -0.496 e. The maximum atomic E-state index is 5.98. The predicted octanol–water partition coefficient (Wildman–Crippen LogP) is 3.49. The molecular weight excluding hydrogens is 350 g/mol. The first kappa shape index (κ1) is 20.2. The molecule has 1 fully saturated rings. The summed E-state index contributed by atoms with van der Waals surface area (Å²) in [6.45, 7) is 4.55. The Bertz CT molecular complexity index is 777. The molecule has 1 saturated heterocycles. The molecule has 0 radical (unpaired) electrons. The number of guanidine groups is 1. The Labute approximate surface area is 168 Å². The third kappa shape index (κ3) is 5.26. The number of aliphatic imine (C=N–C) groups is 1. The maximum absolute atomic E-state index is 5.98.